The molecule has 0 saturated carbocycles. The molecule has 1 aromatic rings. The molecule has 0 aromatic heterocycles. The summed E-state index contributed by atoms with van der Waals surface area (Å²) in [5.41, 5.74) is 0. The number of aliphatic hydroxyl groups excluding tert-OH is 1. The molecule has 0 spiro atoms. The Morgan fingerprint density at radius 3 is 2.45 bits per heavy atom. The molecule has 2 rings (SSSR count). The molecular formula is C15H20F3NO3. The smallest absolute Gasteiger partial charge is 0.492 e. The van der Waals surface area contributed by atoms with Gasteiger partial charge in [-0.3, -0.25) is 4.90 Å². The van der Waals surface area contributed by atoms with Gasteiger partial charge in [-0.2, -0.15) is 0 Å². The second-order valence-electron chi connectivity index (χ2n) is 5.46. The third kappa shape index (κ3) is 5.38. The van der Waals surface area contributed by atoms with E-state index in [0.29, 0.717) is 18.3 Å². The van der Waals surface area contributed by atoms with E-state index in [1.165, 1.54) is 24.3 Å². The van der Waals surface area contributed by atoms with Crippen LogP contribution >= 0.6 is 0 Å². The van der Waals surface area contributed by atoms with E-state index < -0.39 is 6.36 Å². The van der Waals surface area contributed by atoms with Crippen molar-refractivity contribution in [3.05, 3.63) is 24.3 Å². The van der Waals surface area contributed by atoms with Crippen LogP contribution in [0.25, 0.3) is 0 Å². The van der Waals surface area contributed by atoms with Crippen LogP contribution in [-0.4, -0.2) is 48.7 Å². The number of hydrogen-bond acceptors (Lipinski definition) is 4. The number of ether oxygens (including phenoxy) is 2. The third-order valence-electron chi connectivity index (χ3n) is 3.72. The highest BCUT2D eigenvalue weighted by molar-refractivity contribution is 5.31. The lowest BCUT2D eigenvalue weighted by Gasteiger charge is -2.17. The van der Waals surface area contributed by atoms with Crippen molar-refractivity contribution in [1.29, 1.82) is 0 Å². The van der Waals surface area contributed by atoms with Crippen LogP contribution in [-0.2, 0) is 0 Å². The van der Waals surface area contributed by atoms with Crippen LogP contribution in [0.5, 0.6) is 11.5 Å². The van der Waals surface area contributed by atoms with Gasteiger partial charge in [0, 0.05) is 13.1 Å². The molecule has 1 aromatic carbocycles. The fourth-order valence-corrected chi connectivity index (χ4v) is 2.49. The summed E-state index contributed by atoms with van der Waals surface area (Å²) in [6.07, 6.45) is -4.01. The van der Waals surface area contributed by atoms with Crippen molar-refractivity contribution in [3.8, 4) is 11.5 Å². The van der Waals surface area contributed by atoms with Crippen molar-refractivity contribution >= 4 is 0 Å². The van der Waals surface area contributed by atoms with Gasteiger partial charge < -0.3 is 14.6 Å². The molecule has 1 heterocycles. The maximum absolute atomic E-state index is 12.0. The van der Waals surface area contributed by atoms with Crippen LogP contribution in [0.15, 0.2) is 24.3 Å². The summed E-state index contributed by atoms with van der Waals surface area (Å²) in [6.45, 7) is 4.75. The number of alkyl halides is 3. The Labute approximate surface area is 127 Å². The van der Waals surface area contributed by atoms with Crippen LogP contribution in [0.1, 0.15) is 13.3 Å². The summed E-state index contributed by atoms with van der Waals surface area (Å²) in [5.74, 6) is 0.541. The maximum atomic E-state index is 12.0. The predicted octanol–water partition coefficient (Wildman–Crippen LogP) is 2.67. The van der Waals surface area contributed by atoms with Gasteiger partial charge in [-0.25, -0.2) is 0 Å². The minimum absolute atomic E-state index is 0.265. The zero-order valence-corrected chi connectivity index (χ0v) is 12.3. The molecule has 124 valence electrons. The molecule has 0 radical (unpaired) electrons. The van der Waals surface area contributed by atoms with Gasteiger partial charge in [-0.05, 0) is 50.1 Å². The number of rotatable bonds is 6. The first-order chi connectivity index (χ1) is 10.3. The lowest BCUT2D eigenvalue weighted by Crippen LogP contribution is -2.28. The second-order valence-corrected chi connectivity index (χ2v) is 5.46. The molecule has 0 amide bonds. The summed E-state index contributed by atoms with van der Waals surface area (Å²) in [7, 11) is 0. The standard InChI is InChI=1S/C15H20F3NO3/c1-11(20)12-6-7-19(10-12)8-9-21-13-2-4-14(5-3-13)22-15(16,17)18/h2-5,11-12,20H,6-10H2,1H3. The van der Waals surface area contributed by atoms with Crippen LogP contribution in [0.2, 0.25) is 0 Å². The highest BCUT2D eigenvalue weighted by Crippen LogP contribution is 2.25. The summed E-state index contributed by atoms with van der Waals surface area (Å²) < 4.78 is 45.4. The van der Waals surface area contributed by atoms with E-state index >= 15 is 0 Å². The first-order valence-electron chi connectivity index (χ1n) is 7.22. The Morgan fingerprint density at radius 1 is 1.27 bits per heavy atom. The second kappa shape index (κ2) is 7.19. The number of halogens is 3. The molecule has 1 aliphatic rings. The highest BCUT2D eigenvalue weighted by Gasteiger charge is 2.31. The van der Waals surface area contributed by atoms with Crippen molar-refractivity contribution < 1.29 is 27.8 Å². The lowest BCUT2D eigenvalue weighted by atomic mass is 10.0. The average Bonchev–Trinajstić information content (AvgIpc) is 2.88. The quantitative estimate of drug-likeness (QED) is 0.875. The van der Waals surface area contributed by atoms with Crippen molar-refractivity contribution in [2.45, 2.75) is 25.8 Å². The average molecular weight is 319 g/mol. The van der Waals surface area contributed by atoms with E-state index in [-0.39, 0.29) is 11.9 Å². The normalized spacial score (nSPS) is 20.9. The molecule has 1 N–H and O–H groups in total. The van der Waals surface area contributed by atoms with Gasteiger partial charge in [-0.1, -0.05) is 0 Å². The molecule has 0 bridgehead atoms. The number of hydrogen-bond donors (Lipinski definition) is 1. The van der Waals surface area contributed by atoms with E-state index in [1.807, 2.05) is 0 Å². The molecule has 0 aliphatic carbocycles. The van der Waals surface area contributed by atoms with Gasteiger partial charge in [0.2, 0.25) is 0 Å². The fraction of sp³-hybridized carbons (Fsp3) is 0.600. The molecule has 1 saturated heterocycles. The van der Waals surface area contributed by atoms with Gasteiger partial charge in [0.05, 0.1) is 6.10 Å². The van der Waals surface area contributed by atoms with Crippen molar-refractivity contribution in [3.63, 3.8) is 0 Å². The van der Waals surface area contributed by atoms with Gasteiger partial charge in [0.15, 0.2) is 0 Å². The molecule has 1 aliphatic heterocycles. The van der Waals surface area contributed by atoms with Crippen LogP contribution in [0, 0.1) is 5.92 Å². The minimum atomic E-state index is -4.68. The Hall–Kier alpha value is -1.47. The van der Waals surface area contributed by atoms with E-state index in [1.54, 1.807) is 6.92 Å². The van der Waals surface area contributed by atoms with E-state index in [2.05, 4.69) is 9.64 Å². The summed E-state index contributed by atoms with van der Waals surface area (Å²) >= 11 is 0. The Bertz CT molecular complexity index is 462. The Balaban J connectivity index is 1.71. The van der Waals surface area contributed by atoms with Gasteiger partial charge >= 0.3 is 6.36 Å². The fourth-order valence-electron chi connectivity index (χ4n) is 2.49. The van der Waals surface area contributed by atoms with Crippen LogP contribution in [0.3, 0.4) is 0 Å². The third-order valence-corrected chi connectivity index (χ3v) is 3.72. The van der Waals surface area contributed by atoms with Gasteiger partial charge in [0.1, 0.15) is 18.1 Å². The zero-order valence-electron chi connectivity index (χ0n) is 12.3. The predicted molar refractivity (Wildman–Crippen MR) is 74.8 cm³/mol. The van der Waals surface area contributed by atoms with Gasteiger partial charge in [0.25, 0.3) is 0 Å². The number of benzene rings is 1. The Kier molecular flexibility index (Phi) is 5.52. The maximum Gasteiger partial charge on any atom is 0.573 e. The molecule has 2 unspecified atom stereocenters. The van der Waals surface area contributed by atoms with E-state index in [9.17, 15) is 18.3 Å². The summed E-state index contributed by atoms with van der Waals surface area (Å²) in [4.78, 5) is 2.21. The molecule has 7 heteroatoms. The highest BCUT2D eigenvalue weighted by atomic mass is 19.4. The first-order valence-corrected chi connectivity index (χ1v) is 7.22. The number of aliphatic hydroxyl groups is 1. The van der Waals surface area contributed by atoms with Crippen molar-refractivity contribution in [1.82, 2.24) is 4.90 Å². The van der Waals surface area contributed by atoms with Crippen molar-refractivity contribution in [2.75, 3.05) is 26.2 Å². The Morgan fingerprint density at radius 2 is 1.91 bits per heavy atom. The monoisotopic (exact) mass is 319 g/mol. The largest absolute Gasteiger partial charge is 0.573 e. The summed E-state index contributed by atoms with van der Waals surface area (Å²) in [6, 6.07) is 5.34. The van der Waals surface area contributed by atoms with Gasteiger partial charge in [-0.15, -0.1) is 13.2 Å². The zero-order chi connectivity index (χ0) is 16.2. The SMILES string of the molecule is CC(O)C1CCN(CCOc2ccc(OC(F)(F)F)cc2)C1. The van der Waals surface area contributed by atoms with E-state index in [0.717, 1.165) is 26.1 Å². The topological polar surface area (TPSA) is 41.9 Å². The minimum Gasteiger partial charge on any atom is -0.492 e. The molecule has 2 atom stereocenters. The molecule has 1 fully saturated rings. The molecule has 22 heavy (non-hydrogen) atoms. The van der Waals surface area contributed by atoms with Crippen LogP contribution < -0.4 is 9.47 Å². The molecular weight excluding hydrogens is 299 g/mol. The first kappa shape index (κ1) is 16.9. The van der Waals surface area contributed by atoms with Crippen molar-refractivity contribution in [2.24, 2.45) is 5.92 Å². The summed E-state index contributed by atoms with van der Waals surface area (Å²) in [5, 5.41) is 9.53. The molecule has 4 nitrogen and oxygen atoms in total. The van der Waals surface area contributed by atoms with E-state index in [4.69, 9.17) is 4.74 Å². The number of likely N-dealkylation sites (tertiary alicyclic amines) is 1. The number of nitrogens with zero attached hydrogens (tertiary/aromatic N) is 1. The lowest BCUT2D eigenvalue weighted by molar-refractivity contribution is -0.274. The van der Waals surface area contributed by atoms with Crippen LogP contribution in [0.4, 0.5) is 13.2 Å².